The number of carbonyl (C=O) groups is 1. The van der Waals surface area contributed by atoms with Gasteiger partial charge in [-0.15, -0.1) is 0 Å². The van der Waals surface area contributed by atoms with Crippen LogP contribution in [0.2, 0.25) is 0 Å². The molecule has 0 amide bonds. The summed E-state index contributed by atoms with van der Waals surface area (Å²) in [6, 6.07) is 5.32. The van der Waals surface area contributed by atoms with Crippen LogP contribution in [0.25, 0.3) is 0 Å². The van der Waals surface area contributed by atoms with Crippen molar-refractivity contribution in [1.82, 2.24) is 0 Å². The topological polar surface area (TPSA) is 56.8 Å². The highest BCUT2D eigenvalue weighted by molar-refractivity contribution is 5.97. The molecule has 0 spiro atoms. The zero-order chi connectivity index (χ0) is 19.6. The number of fused-ring (bicyclic) bond motifs is 2. The van der Waals surface area contributed by atoms with Gasteiger partial charge in [-0.3, -0.25) is 0 Å². The molecule has 3 aliphatic heterocycles. The summed E-state index contributed by atoms with van der Waals surface area (Å²) in [5.41, 5.74) is 0.104. The molecule has 2 aromatic carbocycles. The number of esters is 1. The number of ether oxygens (including phenoxy) is 3. The van der Waals surface area contributed by atoms with Crippen molar-refractivity contribution in [2.24, 2.45) is 0 Å². The van der Waals surface area contributed by atoms with Crippen molar-refractivity contribution < 1.29 is 36.6 Å². The van der Waals surface area contributed by atoms with Crippen molar-refractivity contribution in [1.29, 1.82) is 0 Å². The maximum Gasteiger partial charge on any atom is 0.416 e. The van der Waals surface area contributed by atoms with Gasteiger partial charge in [-0.25, -0.2) is 9.18 Å². The van der Waals surface area contributed by atoms with Crippen molar-refractivity contribution in [3.8, 4) is 11.5 Å². The van der Waals surface area contributed by atoms with E-state index in [9.17, 15) is 22.4 Å². The Hall–Kier alpha value is -3.23. The highest BCUT2D eigenvalue weighted by Gasteiger charge is 2.41. The number of carbonyl (C=O) groups excluding carboxylic acids is 1. The molecule has 0 aliphatic carbocycles. The standard InChI is InChI=1S/C19H11F4NO4/c20-11-2-1-8(19(21,22)23)3-9(11)16-10-4-14-15(28-7-27-14)5-12(10)24-13-6-26-18(25)17(13)16/h1-5,16,24H,6-7H2/t16-/m0/s1. The van der Waals surface area contributed by atoms with Gasteiger partial charge in [-0.1, -0.05) is 0 Å². The molecule has 0 fully saturated rings. The van der Waals surface area contributed by atoms with E-state index in [0.717, 1.165) is 12.1 Å². The Morgan fingerprint density at radius 1 is 1.00 bits per heavy atom. The molecule has 1 N–H and O–H groups in total. The normalized spacial score (nSPS) is 19.9. The minimum absolute atomic E-state index is 0.00397. The highest BCUT2D eigenvalue weighted by Crippen LogP contribution is 2.49. The summed E-state index contributed by atoms with van der Waals surface area (Å²) < 4.78 is 70.0. The maximum absolute atomic E-state index is 14.7. The fourth-order valence-electron chi connectivity index (χ4n) is 3.70. The fourth-order valence-corrected chi connectivity index (χ4v) is 3.70. The quantitative estimate of drug-likeness (QED) is 0.588. The second-order valence-electron chi connectivity index (χ2n) is 6.55. The van der Waals surface area contributed by atoms with E-state index in [-0.39, 0.29) is 24.5 Å². The first-order valence-corrected chi connectivity index (χ1v) is 8.30. The Morgan fingerprint density at radius 3 is 2.50 bits per heavy atom. The summed E-state index contributed by atoms with van der Waals surface area (Å²) in [6.45, 7) is -0.0743. The molecule has 0 bridgehead atoms. The van der Waals surface area contributed by atoms with Gasteiger partial charge in [0.2, 0.25) is 6.79 Å². The van der Waals surface area contributed by atoms with E-state index in [0.29, 0.717) is 34.5 Å². The van der Waals surface area contributed by atoms with Gasteiger partial charge < -0.3 is 19.5 Å². The molecule has 1 atom stereocenters. The SMILES string of the molecule is O=C1OCC2=C1[C@@H](c1cc(C(F)(F)F)ccc1F)c1cc3c(cc1N2)OCO3. The van der Waals surface area contributed by atoms with Gasteiger partial charge in [0, 0.05) is 23.2 Å². The largest absolute Gasteiger partial charge is 0.456 e. The van der Waals surface area contributed by atoms with Gasteiger partial charge in [0.25, 0.3) is 0 Å². The molecule has 28 heavy (non-hydrogen) atoms. The molecule has 9 heteroatoms. The van der Waals surface area contributed by atoms with Crippen LogP contribution >= 0.6 is 0 Å². The van der Waals surface area contributed by atoms with Crippen molar-refractivity contribution in [3.63, 3.8) is 0 Å². The lowest BCUT2D eigenvalue weighted by molar-refractivity contribution is -0.137. The molecule has 5 nitrogen and oxygen atoms in total. The van der Waals surface area contributed by atoms with Crippen molar-refractivity contribution in [2.45, 2.75) is 12.1 Å². The first-order chi connectivity index (χ1) is 13.3. The lowest BCUT2D eigenvalue weighted by atomic mass is 9.80. The van der Waals surface area contributed by atoms with Crippen LogP contribution in [0, 0.1) is 5.82 Å². The molecule has 0 saturated carbocycles. The average Bonchev–Trinajstić information content (AvgIpc) is 3.24. The van der Waals surface area contributed by atoms with Gasteiger partial charge in [0.1, 0.15) is 12.4 Å². The zero-order valence-corrected chi connectivity index (χ0v) is 14.0. The molecule has 3 heterocycles. The Labute approximate surface area is 155 Å². The van der Waals surface area contributed by atoms with Crippen LogP contribution in [0.15, 0.2) is 41.6 Å². The third-order valence-electron chi connectivity index (χ3n) is 4.96. The smallest absolute Gasteiger partial charge is 0.416 e. The number of hydrogen-bond acceptors (Lipinski definition) is 5. The second-order valence-corrected chi connectivity index (χ2v) is 6.55. The number of benzene rings is 2. The summed E-state index contributed by atoms with van der Waals surface area (Å²) in [5, 5.41) is 3.04. The van der Waals surface area contributed by atoms with Crippen LogP contribution in [0.3, 0.4) is 0 Å². The molecule has 0 unspecified atom stereocenters. The Bertz CT molecular complexity index is 1060. The monoisotopic (exact) mass is 393 g/mol. The van der Waals surface area contributed by atoms with Crippen LogP contribution < -0.4 is 14.8 Å². The number of alkyl halides is 3. The number of cyclic esters (lactones) is 1. The molecule has 5 rings (SSSR count). The minimum Gasteiger partial charge on any atom is -0.456 e. The molecular weight excluding hydrogens is 382 g/mol. The Balaban J connectivity index is 1.75. The molecule has 0 saturated heterocycles. The zero-order valence-electron chi connectivity index (χ0n) is 14.0. The summed E-state index contributed by atoms with van der Waals surface area (Å²) in [6.07, 6.45) is -4.65. The van der Waals surface area contributed by atoms with Crippen LogP contribution in [0.4, 0.5) is 23.2 Å². The number of halogens is 4. The summed E-state index contributed by atoms with van der Waals surface area (Å²) in [4.78, 5) is 12.3. The number of anilines is 1. The predicted octanol–water partition coefficient (Wildman–Crippen LogP) is 3.94. The minimum atomic E-state index is -4.65. The van der Waals surface area contributed by atoms with E-state index in [4.69, 9.17) is 14.2 Å². The van der Waals surface area contributed by atoms with E-state index in [1.54, 1.807) is 12.1 Å². The summed E-state index contributed by atoms with van der Waals surface area (Å²) in [7, 11) is 0. The Morgan fingerprint density at radius 2 is 1.75 bits per heavy atom. The van der Waals surface area contributed by atoms with Crippen LogP contribution in [-0.4, -0.2) is 19.4 Å². The maximum atomic E-state index is 14.7. The molecule has 0 aromatic heterocycles. The lowest BCUT2D eigenvalue weighted by Gasteiger charge is -2.28. The van der Waals surface area contributed by atoms with E-state index in [2.05, 4.69) is 5.32 Å². The van der Waals surface area contributed by atoms with Gasteiger partial charge >= 0.3 is 12.1 Å². The molecule has 144 valence electrons. The van der Waals surface area contributed by atoms with Gasteiger partial charge in [-0.2, -0.15) is 13.2 Å². The van der Waals surface area contributed by atoms with Crippen LogP contribution in [-0.2, 0) is 15.7 Å². The van der Waals surface area contributed by atoms with E-state index >= 15 is 0 Å². The van der Waals surface area contributed by atoms with Gasteiger partial charge in [-0.05, 0) is 29.8 Å². The van der Waals surface area contributed by atoms with Crippen molar-refractivity contribution >= 4 is 11.7 Å². The first-order valence-electron chi connectivity index (χ1n) is 8.30. The lowest BCUT2D eigenvalue weighted by Crippen LogP contribution is -2.21. The molecule has 0 radical (unpaired) electrons. The van der Waals surface area contributed by atoms with Crippen molar-refractivity contribution in [3.05, 3.63) is 64.1 Å². The van der Waals surface area contributed by atoms with Crippen molar-refractivity contribution in [2.75, 3.05) is 18.7 Å². The summed E-state index contributed by atoms with van der Waals surface area (Å²) in [5.74, 6) is -1.81. The third-order valence-corrected chi connectivity index (χ3v) is 4.96. The molecule has 3 aliphatic rings. The predicted molar refractivity (Wildman–Crippen MR) is 87.4 cm³/mol. The number of nitrogens with one attached hydrogen (secondary N) is 1. The van der Waals surface area contributed by atoms with Gasteiger partial charge in [0.15, 0.2) is 11.5 Å². The number of hydrogen-bond donors (Lipinski definition) is 1. The highest BCUT2D eigenvalue weighted by atomic mass is 19.4. The Kier molecular flexibility index (Phi) is 3.40. The average molecular weight is 393 g/mol. The van der Waals surface area contributed by atoms with Gasteiger partial charge in [0.05, 0.1) is 16.8 Å². The molecular formula is C19H11F4NO4. The third kappa shape index (κ3) is 2.42. The second kappa shape index (κ2) is 5.63. The first kappa shape index (κ1) is 16.9. The van der Waals surface area contributed by atoms with Crippen LogP contribution in [0.5, 0.6) is 11.5 Å². The summed E-state index contributed by atoms with van der Waals surface area (Å²) >= 11 is 0. The fraction of sp³-hybridized carbons (Fsp3) is 0.211. The van der Waals surface area contributed by atoms with E-state index in [1.807, 2.05) is 0 Å². The van der Waals surface area contributed by atoms with E-state index in [1.165, 1.54) is 0 Å². The molecule has 2 aromatic rings. The number of rotatable bonds is 1. The van der Waals surface area contributed by atoms with Crippen LogP contribution in [0.1, 0.15) is 22.6 Å². The van der Waals surface area contributed by atoms with E-state index < -0.39 is 29.4 Å².